The lowest BCUT2D eigenvalue weighted by Crippen LogP contribution is -2.44. The molecule has 4 aromatic rings. The predicted octanol–water partition coefficient (Wildman–Crippen LogP) is 3.45. The van der Waals surface area contributed by atoms with Crippen LogP contribution in [0.25, 0.3) is 16.9 Å². The quantitative estimate of drug-likeness (QED) is 0.285. The molecule has 2 aromatic heterocycles. The van der Waals surface area contributed by atoms with E-state index in [2.05, 4.69) is 20.3 Å². The molecule has 2 N–H and O–H groups in total. The van der Waals surface area contributed by atoms with Crippen LogP contribution in [0.2, 0.25) is 0 Å². The third-order valence-electron chi connectivity index (χ3n) is 7.01. The van der Waals surface area contributed by atoms with Crippen molar-refractivity contribution in [3.05, 3.63) is 72.1 Å². The normalized spacial score (nSPS) is 15.4. The second-order valence-corrected chi connectivity index (χ2v) is 9.81. The third-order valence-corrected chi connectivity index (χ3v) is 7.01. The van der Waals surface area contributed by atoms with Crippen LogP contribution in [0, 0.1) is 0 Å². The number of carbonyl (C=O) groups excluding carboxylic acids is 1. The first-order chi connectivity index (χ1) is 19.9. The van der Waals surface area contributed by atoms with Crippen molar-refractivity contribution in [2.24, 2.45) is 0 Å². The number of aliphatic hydroxyl groups excluding tert-OH is 1. The number of para-hydroxylation sites is 2. The van der Waals surface area contributed by atoms with Crippen LogP contribution in [0.1, 0.15) is 24.7 Å². The highest BCUT2D eigenvalue weighted by molar-refractivity contribution is 5.81. The zero-order valence-corrected chi connectivity index (χ0v) is 22.8. The van der Waals surface area contributed by atoms with Crippen LogP contribution >= 0.6 is 0 Å². The lowest BCUT2D eigenvalue weighted by molar-refractivity contribution is -0.129. The maximum absolute atomic E-state index is 14.1. The number of fused-ring (bicyclic) bond motifs is 1. The minimum atomic E-state index is -2.84. The average molecular weight is 566 g/mol. The summed E-state index contributed by atoms with van der Waals surface area (Å²) in [6, 6.07) is 18.3. The number of hydrogen-bond acceptors (Lipinski definition) is 8. The summed E-state index contributed by atoms with van der Waals surface area (Å²) in [5.74, 6) is 0.183. The van der Waals surface area contributed by atoms with Crippen molar-refractivity contribution < 1.29 is 23.4 Å². The van der Waals surface area contributed by atoms with Gasteiger partial charge in [-0.15, -0.1) is 0 Å². The second kappa shape index (κ2) is 13.0. The number of halogens is 2. The predicted molar refractivity (Wildman–Crippen MR) is 152 cm³/mol. The number of hydrogen-bond donors (Lipinski definition) is 2. The van der Waals surface area contributed by atoms with Gasteiger partial charge in [-0.1, -0.05) is 42.5 Å². The Morgan fingerprint density at radius 3 is 2.61 bits per heavy atom. The molecule has 0 aliphatic carbocycles. The summed E-state index contributed by atoms with van der Waals surface area (Å²) in [7, 11) is 0. The Morgan fingerprint density at radius 1 is 1.10 bits per heavy atom. The Bertz CT molecular complexity index is 1470. The lowest BCUT2D eigenvalue weighted by Gasteiger charge is -2.34. The van der Waals surface area contributed by atoms with Gasteiger partial charge in [-0.25, -0.2) is 13.8 Å². The molecule has 2 aromatic carbocycles. The van der Waals surface area contributed by atoms with Crippen molar-refractivity contribution in [1.82, 2.24) is 24.4 Å². The van der Waals surface area contributed by atoms with Crippen molar-refractivity contribution in [3.63, 3.8) is 0 Å². The molecular formula is C29H33F2N7O3. The molecule has 3 heterocycles. The molecule has 1 aliphatic heterocycles. The number of imidazole rings is 1. The number of carbonyl (C=O) groups is 1. The summed E-state index contributed by atoms with van der Waals surface area (Å²) < 4.78 is 35.2. The Kier molecular flexibility index (Phi) is 9.00. The standard InChI is InChI=1S/C29H33F2N7O3/c1-20-19-41-16-14-37(20)24-17-25(38-23-10-6-5-9-22(23)33-28(38)27(30)31)35-29(34-24)32-18-26(40)36(13-15-39)12-11-21-7-3-2-4-8-21/h2-10,17,20,27,39H,11-16,18-19H2,1H3,(H,32,34,35). The molecule has 0 spiro atoms. The summed E-state index contributed by atoms with van der Waals surface area (Å²) in [4.78, 5) is 30.1. The highest BCUT2D eigenvalue weighted by Gasteiger charge is 2.25. The van der Waals surface area contributed by atoms with E-state index in [1.807, 2.05) is 42.2 Å². The fourth-order valence-electron chi connectivity index (χ4n) is 4.92. The van der Waals surface area contributed by atoms with Gasteiger partial charge in [0.25, 0.3) is 6.43 Å². The molecule has 1 unspecified atom stereocenters. The zero-order chi connectivity index (χ0) is 28.8. The summed E-state index contributed by atoms with van der Waals surface area (Å²) in [5.41, 5.74) is 1.99. The molecule has 0 bridgehead atoms. The number of ether oxygens (including phenoxy) is 1. The number of alkyl halides is 2. The number of benzene rings is 2. The van der Waals surface area contributed by atoms with Crippen molar-refractivity contribution >= 4 is 28.7 Å². The Hall–Kier alpha value is -4.16. The van der Waals surface area contributed by atoms with Crippen LogP contribution in [0.5, 0.6) is 0 Å². The van der Waals surface area contributed by atoms with E-state index >= 15 is 0 Å². The molecule has 1 fully saturated rings. The van der Waals surface area contributed by atoms with Gasteiger partial charge in [0.15, 0.2) is 5.82 Å². The Balaban J connectivity index is 1.44. The first kappa shape index (κ1) is 28.4. The minimum Gasteiger partial charge on any atom is -0.395 e. The molecule has 216 valence electrons. The zero-order valence-electron chi connectivity index (χ0n) is 22.8. The fourth-order valence-corrected chi connectivity index (χ4v) is 4.92. The molecule has 1 amide bonds. The number of morpholine rings is 1. The highest BCUT2D eigenvalue weighted by Crippen LogP contribution is 2.29. The summed E-state index contributed by atoms with van der Waals surface area (Å²) >= 11 is 0. The van der Waals surface area contributed by atoms with Gasteiger partial charge < -0.3 is 25.0 Å². The second-order valence-electron chi connectivity index (χ2n) is 9.81. The van der Waals surface area contributed by atoms with E-state index in [1.54, 1.807) is 35.2 Å². The van der Waals surface area contributed by atoms with Crippen LogP contribution in [-0.4, -0.2) is 87.5 Å². The number of nitrogens with zero attached hydrogens (tertiary/aromatic N) is 6. The summed E-state index contributed by atoms with van der Waals surface area (Å²) in [5, 5.41) is 12.5. The van der Waals surface area contributed by atoms with E-state index in [1.165, 1.54) is 4.57 Å². The van der Waals surface area contributed by atoms with Crippen molar-refractivity contribution in [2.45, 2.75) is 25.8 Å². The monoisotopic (exact) mass is 565 g/mol. The molecule has 0 saturated carbocycles. The molecule has 1 atom stereocenters. The number of anilines is 2. The first-order valence-corrected chi connectivity index (χ1v) is 13.6. The van der Waals surface area contributed by atoms with Crippen molar-refractivity contribution in [3.8, 4) is 5.82 Å². The van der Waals surface area contributed by atoms with E-state index in [0.29, 0.717) is 49.6 Å². The molecule has 0 radical (unpaired) electrons. The topological polar surface area (TPSA) is 109 Å². The van der Waals surface area contributed by atoms with Crippen LogP contribution in [-0.2, 0) is 16.0 Å². The van der Waals surface area contributed by atoms with Gasteiger partial charge in [0.2, 0.25) is 11.9 Å². The van der Waals surface area contributed by atoms with Crippen LogP contribution in [0.4, 0.5) is 20.5 Å². The number of amides is 1. The minimum absolute atomic E-state index is 0.00638. The van der Waals surface area contributed by atoms with E-state index in [9.17, 15) is 18.7 Å². The Morgan fingerprint density at radius 2 is 1.85 bits per heavy atom. The molecule has 41 heavy (non-hydrogen) atoms. The van der Waals surface area contributed by atoms with Crippen LogP contribution in [0.15, 0.2) is 60.7 Å². The van der Waals surface area contributed by atoms with Gasteiger partial charge in [-0.3, -0.25) is 9.36 Å². The molecule has 1 aliphatic rings. The molecule has 1 saturated heterocycles. The van der Waals surface area contributed by atoms with E-state index < -0.39 is 12.2 Å². The molecule has 5 rings (SSSR count). The van der Waals surface area contributed by atoms with E-state index in [0.717, 1.165) is 5.56 Å². The van der Waals surface area contributed by atoms with Crippen LogP contribution in [0.3, 0.4) is 0 Å². The van der Waals surface area contributed by atoms with Gasteiger partial charge in [0, 0.05) is 25.7 Å². The summed E-state index contributed by atoms with van der Waals surface area (Å²) in [6.45, 7) is 3.86. The Labute approximate surface area is 236 Å². The number of nitrogens with one attached hydrogen (secondary N) is 1. The van der Waals surface area contributed by atoms with Gasteiger partial charge in [-0.2, -0.15) is 9.97 Å². The summed E-state index contributed by atoms with van der Waals surface area (Å²) in [6.07, 6.45) is -2.19. The van der Waals surface area contributed by atoms with Gasteiger partial charge in [0.1, 0.15) is 11.6 Å². The maximum atomic E-state index is 14.1. The average Bonchev–Trinajstić information content (AvgIpc) is 3.39. The number of aromatic nitrogens is 4. The van der Waals surface area contributed by atoms with Gasteiger partial charge >= 0.3 is 0 Å². The van der Waals surface area contributed by atoms with E-state index in [-0.39, 0.29) is 43.4 Å². The highest BCUT2D eigenvalue weighted by atomic mass is 19.3. The third kappa shape index (κ3) is 6.60. The van der Waals surface area contributed by atoms with Crippen molar-refractivity contribution in [1.29, 1.82) is 0 Å². The van der Waals surface area contributed by atoms with Gasteiger partial charge in [-0.05, 0) is 31.0 Å². The number of rotatable bonds is 11. The maximum Gasteiger partial charge on any atom is 0.296 e. The van der Waals surface area contributed by atoms with E-state index in [4.69, 9.17) is 4.74 Å². The molecule has 10 nitrogen and oxygen atoms in total. The molecular weight excluding hydrogens is 532 g/mol. The molecule has 12 heteroatoms. The smallest absolute Gasteiger partial charge is 0.296 e. The largest absolute Gasteiger partial charge is 0.395 e. The fraction of sp³-hybridized carbons (Fsp3) is 0.379. The SMILES string of the molecule is CC1COCCN1c1cc(-n2c(C(F)F)nc3ccccc32)nc(NCC(=O)N(CCO)CCc2ccccc2)n1. The number of aliphatic hydroxyl groups is 1. The van der Waals surface area contributed by atoms with Crippen LogP contribution < -0.4 is 10.2 Å². The first-order valence-electron chi connectivity index (χ1n) is 13.6. The van der Waals surface area contributed by atoms with Gasteiger partial charge in [0.05, 0.1) is 43.4 Å². The lowest BCUT2D eigenvalue weighted by atomic mass is 10.1. The van der Waals surface area contributed by atoms with Crippen molar-refractivity contribution in [2.75, 3.05) is 56.2 Å².